The molecule has 0 aromatic heterocycles. The standard InChI is InChI=1S/C7H8O3/c8-3-1-4-5(2-3)6(4)7(9)10/h4-6H,1-2H2,(H,9,10)/t4-,5+,6+. The van der Waals surface area contributed by atoms with Crippen LogP contribution in [0.25, 0.3) is 0 Å². The first kappa shape index (κ1) is 5.89. The maximum Gasteiger partial charge on any atom is 0.307 e. The van der Waals surface area contributed by atoms with Crippen LogP contribution in [-0.2, 0) is 9.59 Å². The average molecular weight is 140 g/mol. The van der Waals surface area contributed by atoms with Crippen molar-refractivity contribution in [3.63, 3.8) is 0 Å². The van der Waals surface area contributed by atoms with Gasteiger partial charge in [-0.2, -0.15) is 0 Å². The second kappa shape index (κ2) is 1.59. The molecule has 2 fully saturated rings. The number of carbonyl (C=O) groups excluding carboxylic acids is 1. The fourth-order valence-corrected chi connectivity index (χ4v) is 1.98. The molecule has 2 rings (SSSR count). The maximum atomic E-state index is 10.7. The van der Waals surface area contributed by atoms with Gasteiger partial charge in [0.25, 0.3) is 0 Å². The smallest absolute Gasteiger partial charge is 0.307 e. The van der Waals surface area contributed by atoms with Gasteiger partial charge in [0.1, 0.15) is 5.78 Å². The number of hydrogen-bond donors (Lipinski definition) is 1. The van der Waals surface area contributed by atoms with Crippen molar-refractivity contribution in [2.75, 3.05) is 0 Å². The van der Waals surface area contributed by atoms with E-state index in [0.29, 0.717) is 12.8 Å². The first-order valence-corrected chi connectivity index (χ1v) is 3.44. The molecule has 0 aromatic carbocycles. The van der Waals surface area contributed by atoms with E-state index >= 15 is 0 Å². The van der Waals surface area contributed by atoms with Gasteiger partial charge in [-0.05, 0) is 11.8 Å². The van der Waals surface area contributed by atoms with E-state index in [9.17, 15) is 9.59 Å². The Balaban J connectivity index is 2.04. The van der Waals surface area contributed by atoms with Gasteiger partial charge < -0.3 is 5.11 Å². The highest BCUT2D eigenvalue weighted by atomic mass is 16.4. The van der Waals surface area contributed by atoms with E-state index in [1.165, 1.54) is 0 Å². The average Bonchev–Trinajstić information content (AvgIpc) is 2.32. The van der Waals surface area contributed by atoms with Crippen LogP contribution in [0.2, 0.25) is 0 Å². The van der Waals surface area contributed by atoms with Crippen LogP contribution < -0.4 is 0 Å². The number of carboxylic acids is 1. The number of rotatable bonds is 1. The number of aliphatic carboxylic acids is 1. The van der Waals surface area contributed by atoms with E-state index in [1.54, 1.807) is 0 Å². The maximum absolute atomic E-state index is 10.7. The minimum atomic E-state index is -0.720. The molecule has 3 atom stereocenters. The number of Topliss-reactive ketones (excluding diaryl/α,β-unsaturated/α-hetero) is 1. The summed E-state index contributed by atoms with van der Waals surface area (Å²) in [7, 11) is 0. The normalized spacial score (nSPS) is 43.2. The summed E-state index contributed by atoms with van der Waals surface area (Å²) in [5.41, 5.74) is 0. The molecule has 0 saturated heterocycles. The molecule has 2 aliphatic rings. The molecule has 0 radical (unpaired) electrons. The molecule has 3 heteroatoms. The first-order chi connectivity index (χ1) is 4.70. The lowest BCUT2D eigenvalue weighted by atomic mass is 10.1. The van der Waals surface area contributed by atoms with Gasteiger partial charge in [0.15, 0.2) is 0 Å². The molecule has 0 unspecified atom stereocenters. The SMILES string of the molecule is O=C1C[C@@H]2[C@H](C1)[C@H]2C(=O)O. The van der Waals surface area contributed by atoms with Crippen LogP contribution in [0.15, 0.2) is 0 Å². The summed E-state index contributed by atoms with van der Waals surface area (Å²) in [6.07, 6.45) is 1.03. The van der Waals surface area contributed by atoms with E-state index in [1.807, 2.05) is 0 Å². The van der Waals surface area contributed by atoms with Crippen LogP contribution in [0.5, 0.6) is 0 Å². The molecule has 0 heterocycles. The summed E-state index contributed by atoms with van der Waals surface area (Å²) < 4.78 is 0. The third-order valence-electron chi connectivity index (χ3n) is 2.54. The highest BCUT2D eigenvalue weighted by Crippen LogP contribution is 2.55. The zero-order valence-corrected chi connectivity index (χ0v) is 5.41. The summed E-state index contributed by atoms with van der Waals surface area (Å²) in [4.78, 5) is 21.0. The van der Waals surface area contributed by atoms with Crippen molar-refractivity contribution >= 4 is 11.8 Å². The Bertz CT molecular complexity index is 195. The molecule has 0 spiro atoms. The van der Waals surface area contributed by atoms with Crippen LogP contribution in [0.1, 0.15) is 12.8 Å². The minimum Gasteiger partial charge on any atom is -0.481 e. The van der Waals surface area contributed by atoms with Gasteiger partial charge in [0, 0.05) is 12.8 Å². The van der Waals surface area contributed by atoms with Gasteiger partial charge in [-0.25, -0.2) is 0 Å². The molecule has 0 aromatic rings. The van der Waals surface area contributed by atoms with Crippen molar-refractivity contribution in [2.24, 2.45) is 17.8 Å². The lowest BCUT2D eigenvalue weighted by molar-refractivity contribution is -0.139. The van der Waals surface area contributed by atoms with E-state index in [0.717, 1.165) is 0 Å². The predicted octanol–water partition coefficient (Wildman–Crippen LogP) is 0.296. The van der Waals surface area contributed by atoms with Crippen molar-refractivity contribution in [1.29, 1.82) is 0 Å². The summed E-state index contributed by atoms with van der Waals surface area (Å²) in [6, 6.07) is 0. The molecule has 1 N–H and O–H groups in total. The van der Waals surface area contributed by atoms with Gasteiger partial charge in [0.2, 0.25) is 0 Å². The highest BCUT2D eigenvalue weighted by Gasteiger charge is 2.59. The highest BCUT2D eigenvalue weighted by molar-refractivity contribution is 5.87. The summed E-state index contributed by atoms with van der Waals surface area (Å²) in [5, 5.41) is 8.53. The van der Waals surface area contributed by atoms with Gasteiger partial charge in [0.05, 0.1) is 5.92 Å². The van der Waals surface area contributed by atoms with Crippen molar-refractivity contribution in [3.8, 4) is 0 Å². The second-order valence-electron chi connectivity index (χ2n) is 3.14. The monoisotopic (exact) mass is 140 g/mol. The van der Waals surface area contributed by atoms with Gasteiger partial charge in [-0.1, -0.05) is 0 Å². The molecular weight excluding hydrogens is 132 g/mol. The number of hydrogen-bond acceptors (Lipinski definition) is 2. The van der Waals surface area contributed by atoms with E-state index < -0.39 is 5.97 Å². The Hall–Kier alpha value is -0.860. The molecule has 3 nitrogen and oxygen atoms in total. The second-order valence-corrected chi connectivity index (χ2v) is 3.14. The van der Waals surface area contributed by atoms with Crippen LogP contribution in [0.3, 0.4) is 0 Å². The number of carboxylic acid groups (broad SMARTS) is 1. The van der Waals surface area contributed by atoms with Crippen LogP contribution in [-0.4, -0.2) is 16.9 Å². The Kier molecular flexibility index (Phi) is 0.938. The first-order valence-electron chi connectivity index (χ1n) is 3.44. The number of carbonyl (C=O) groups is 2. The van der Waals surface area contributed by atoms with Crippen molar-refractivity contribution in [3.05, 3.63) is 0 Å². The van der Waals surface area contributed by atoms with Gasteiger partial charge in [-0.15, -0.1) is 0 Å². The van der Waals surface area contributed by atoms with Gasteiger partial charge >= 0.3 is 5.97 Å². The summed E-state index contributed by atoms with van der Waals surface area (Å²) in [6.45, 7) is 0. The molecule has 0 aliphatic heterocycles. The minimum absolute atomic E-state index is 0.183. The van der Waals surface area contributed by atoms with Crippen LogP contribution in [0.4, 0.5) is 0 Å². The zero-order valence-electron chi connectivity index (χ0n) is 5.41. The van der Waals surface area contributed by atoms with E-state index in [4.69, 9.17) is 5.11 Å². The Labute approximate surface area is 58.0 Å². The lowest BCUT2D eigenvalue weighted by Crippen LogP contribution is -2.06. The largest absolute Gasteiger partial charge is 0.481 e. The van der Waals surface area contributed by atoms with Crippen molar-refractivity contribution in [1.82, 2.24) is 0 Å². The topological polar surface area (TPSA) is 54.4 Å². The zero-order chi connectivity index (χ0) is 7.30. The molecule has 0 amide bonds. The van der Waals surface area contributed by atoms with Crippen LogP contribution in [0, 0.1) is 17.8 Å². The van der Waals surface area contributed by atoms with Crippen LogP contribution >= 0.6 is 0 Å². The lowest BCUT2D eigenvalue weighted by Gasteiger charge is -1.93. The molecular formula is C7H8O3. The molecule has 0 bridgehead atoms. The third kappa shape index (κ3) is 0.602. The van der Waals surface area contributed by atoms with Crippen molar-refractivity contribution in [2.45, 2.75) is 12.8 Å². The fourth-order valence-electron chi connectivity index (χ4n) is 1.98. The number of ketones is 1. The summed E-state index contributed by atoms with van der Waals surface area (Å²) >= 11 is 0. The Morgan fingerprint density at radius 1 is 1.40 bits per heavy atom. The van der Waals surface area contributed by atoms with E-state index in [-0.39, 0.29) is 23.5 Å². The summed E-state index contributed by atoms with van der Waals surface area (Å²) in [5.74, 6) is -0.261. The molecule has 2 aliphatic carbocycles. The van der Waals surface area contributed by atoms with Gasteiger partial charge in [-0.3, -0.25) is 9.59 Å². The molecule has 2 saturated carbocycles. The molecule has 10 heavy (non-hydrogen) atoms. The third-order valence-corrected chi connectivity index (χ3v) is 2.54. The van der Waals surface area contributed by atoms with E-state index in [2.05, 4.69) is 0 Å². The Morgan fingerprint density at radius 3 is 2.30 bits per heavy atom. The predicted molar refractivity (Wildman–Crippen MR) is 32.3 cm³/mol. The quantitative estimate of drug-likeness (QED) is 0.569. The van der Waals surface area contributed by atoms with Crippen molar-refractivity contribution < 1.29 is 14.7 Å². The number of fused-ring (bicyclic) bond motifs is 1. The molecule has 54 valence electrons. The fraction of sp³-hybridized carbons (Fsp3) is 0.714. The Morgan fingerprint density at radius 2 is 1.90 bits per heavy atom.